The van der Waals surface area contributed by atoms with Crippen molar-refractivity contribution in [1.29, 1.82) is 0 Å². The third kappa shape index (κ3) is 3.59. The largest absolute Gasteiger partial charge is 0.322 e. The number of halogens is 1. The van der Waals surface area contributed by atoms with Gasteiger partial charge in [0.15, 0.2) is 0 Å². The van der Waals surface area contributed by atoms with Crippen molar-refractivity contribution in [3.05, 3.63) is 81.7 Å². The summed E-state index contributed by atoms with van der Waals surface area (Å²) in [6, 6.07) is 17.1. The van der Waals surface area contributed by atoms with E-state index in [0.717, 1.165) is 32.6 Å². The number of anilines is 1. The molecule has 27 heavy (non-hydrogen) atoms. The van der Waals surface area contributed by atoms with Crippen molar-refractivity contribution in [2.45, 2.75) is 13.8 Å². The molecule has 0 fully saturated rings. The molecule has 2 aromatic heterocycles. The quantitative estimate of drug-likeness (QED) is 0.433. The predicted octanol–water partition coefficient (Wildman–Crippen LogP) is 6.49. The Labute approximate surface area is 166 Å². The van der Waals surface area contributed by atoms with E-state index in [1.807, 2.05) is 55.6 Å². The summed E-state index contributed by atoms with van der Waals surface area (Å²) in [7, 11) is 0. The van der Waals surface area contributed by atoms with Gasteiger partial charge in [0.1, 0.15) is 0 Å². The summed E-state index contributed by atoms with van der Waals surface area (Å²) in [6.45, 7) is 4.05. The molecule has 0 atom stereocenters. The van der Waals surface area contributed by atoms with E-state index in [1.54, 1.807) is 23.5 Å². The van der Waals surface area contributed by atoms with E-state index >= 15 is 0 Å². The van der Waals surface area contributed by atoms with Gasteiger partial charge in [0.05, 0.1) is 21.7 Å². The van der Waals surface area contributed by atoms with Gasteiger partial charge in [0.2, 0.25) is 0 Å². The smallest absolute Gasteiger partial charge is 0.256 e. The van der Waals surface area contributed by atoms with Gasteiger partial charge < -0.3 is 5.32 Å². The number of aromatic nitrogens is 1. The zero-order valence-electron chi connectivity index (χ0n) is 14.9. The highest BCUT2D eigenvalue weighted by Gasteiger charge is 2.16. The van der Waals surface area contributed by atoms with Crippen molar-refractivity contribution >= 4 is 45.4 Å². The number of nitrogens with zero attached hydrogens (tertiary/aromatic N) is 1. The fourth-order valence-electron chi connectivity index (χ4n) is 3.18. The second-order valence-electron chi connectivity index (χ2n) is 6.47. The van der Waals surface area contributed by atoms with Crippen molar-refractivity contribution in [3.63, 3.8) is 0 Å². The van der Waals surface area contributed by atoms with Crippen LogP contribution >= 0.6 is 22.9 Å². The highest BCUT2D eigenvalue weighted by molar-refractivity contribution is 7.13. The van der Waals surface area contributed by atoms with Gasteiger partial charge in [-0.1, -0.05) is 35.4 Å². The third-order valence-electron chi connectivity index (χ3n) is 4.35. The Bertz CT molecular complexity index is 1150. The first-order valence-electron chi connectivity index (χ1n) is 8.54. The minimum Gasteiger partial charge on any atom is -0.322 e. The number of nitrogens with one attached hydrogen (secondary N) is 1. The van der Waals surface area contributed by atoms with E-state index in [9.17, 15) is 4.79 Å². The zero-order valence-corrected chi connectivity index (χ0v) is 16.5. The number of benzene rings is 2. The summed E-state index contributed by atoms with van der Waals surface area (Å²) in [5, 5.41) is 6.40. The fraction of sp³-hybridized carbons (Fsp3) is 0.0909. The molecule has 4 rings (SSSR count). The SMILES string of the molecule is Cc1cc(C)c2nc(-c3cccs3)cc(C(=O)Nc3cccc(Cl)c3)c2c1. The standard InChI is InChI=1S/C22H17ClN2OS/c1-13-9-14(2)21-17(10-13)18(12-19(25-21)20-7-4-8-27-20)22(26)24-16-6-3-5-15(23)11-16/h3-12H,1-2H3,(H,24,26). The number of rotatable bonds is 3. The van der Waals surface area contributed by atoms with Gasteiger partial charge in [-0.25, -0.2) is 4.98 Å². The van der Waals surface area contributed by atoms with Crippen LogP contribution in [0.2, 0.25) is 5.02 Å². The van der Waals surface area contributed by atoms with Gasteiger partial charge >= 0.3 is 0 Å². The van der Waals surface area contributed by atoms with Crippen LogP contribution in [0.25, 0.3) is 21.5 Å². The Kier molecular flexibility index (Phi) is 4.68. The van der Waals surface area contributed by atoms with E-state index in [1.165, 1.54) is 0 Å². The second kappa shape index (κ2) is 7.14. The lowest BCUT2D eigenvalue weighted by molar-refractivity contribution is 0.102. The molecule has 0 saturated carbocycles. The summed E-state index contributed by atoms with van der Waals surface area (Å²) < 4.78 is 0. The Balaban J connectivity index is 1.88. The van der Waals surface area contributed by atoms with Crippen LogP contribution in [0.15, 0.2) is 60.0 Å². The van der Waals surface area contributed by atoms with E-state index in [-0.39, 0.29) is 5.91 Å². The highest BCUT2D eigenvalue weighted by Crippen LogP contribution is 2.30. The first-order chi connectivity index (χ1) is 13.0. The molecule has 2 aromatic carbocycles. The molecule has 2 heterocycles. The Hall–Kier alpha value is -2.69. The molecule has 0 spiro atoms. The Morgan fingerprint density at radius 1 is 1.07 bits per heavy atom. The predicted molar refractivity (Wildman–Crippen MR) is 114 cm³/mol. The maximum Gasteiger partial charge on any atom is 0.256 e. The number of amides is 1. The highest BCUT2D eigenvalue weighted by atomic mass is 35.5. The lowest BCUT2D eigenvalue weighted by atomic mass is 10.0. The summed E-state index contributed by atoms with van der Waals surface area (Å²) in [5.41, 5.74) is 5.08. The molecule has 0 aliphatic heterocycles. The molecule has 5 heteroatoms. The molecule has 0 aliphatic carbocycles. The summed E-state index contributed by atoms with van der Waals surface area (Å²) in [5.74, 6) is -0.174. The summed E-state index contributed by atoms with van der Waals surface area (Å²) in [4.78, 5) is 19.0. The van der Waals surface area contributed by atoms with Gasteiger partial charge in [0.25, 0.3) is 5.91 Å². The van der Waals surface area contributed by atoms with Crippen LogP contribution in [0.3, 0.4) is 0 Å². The second-order valence-corrected chi connectivity index (χ2v) is 7.86. The number of aryl methyl sites for hydroxylation is 2. The Morgan fingerprint density at radius 2 is 1.93 bits per heavy atom. The molecule has 3 nitrogen and oxygen atoms in total. The maximum atomic E-state index is 13.1. The topological polar surface area (TPSA) is 42.0 Å². The van der Waals surface area contributed by atoms with Gasteiger partial charge in [0, 0.05) is 16.1 Å². The molecule has 0 radical (unpaired) electrons. The number of carbonyl (C=O) groups is 1. The lowest BCUT2D eigenvalue weighted by Crippen LogP contribution is -2.13. The molecular formula is C22H17ClN2OS. The molecule has 0 saturated heterocycles. The molecule has 134 valence electrons. The molecular weight excluding hydrogens is 376 g/mol. The minimum atomic E-state index is -0.174. The van der Waals surface area contributed by atoms with Gasteiger partial charge in [-0.15, -0.1) is 11.3 Å². The zero-order chi connectivity index (χ0) is 19.0. The van der Waals surface area contributed by atoms with Crippen LogP contribution in [0.1, 0.15) is 21.5 Å². The van der Waals surface area contributed by atoms with Crippen LogP contribution in [-0.4, -0.2) is 10.9 Å². The number of fused-ring (bicyclic) bond motifs is 1. The molecule has 1 N–H and O–H groups in total. The number of thiophene rings is 1. The van der Waals surface area contributed by atoms with E-state index in [2.05, 4.69) is 11.4 Å². The first kappa shape index (κ1) is 17.7. The van der Waals surface area contributed by atoms with Crippen molar-refractivity contribution in [3.8, 4) is 10.6 Å². The fourth-order valence-corrected chi connectivity index (χ4v) is 4.06. The van der Waals surface area contributed by atoms with Gasteiger partial charge in [-0.3, -0.25) is 4.79 Å². The van der Waals surface area contributed by atoms with Crippen molar-refractivity contribution < 1.29 is 4.79 Å². The van der Waals surface area contributed by atoms with Crippen LogP contribution in [0.5, 0.6) is 0 Å². The normalized spacial score (nSPS) is 10.9. The van der Waals surface area contributed by atoms with E-state index in [0.29, 0.717) is 16.3 Å². The van der Waals surface area contributed by atoms with Crippen LogP contribution in [0, 0.1) is 13.8 Å². The van der Waals surface area contributed by atoms with Crippen LogP contribution in [0.4, 0.5) is 5.69 Å². The third-order valence-corrected chi connectivity index (χ3v) is 5.48. The van der Waals surface area contributed by atoms with Crippen molar-refractivity contribution in [2.75, 3.05) is 5.32 Å². The average molecular weight is 393 g/mol. The molecule has 1 amide bonds. The molecule has 4 aromatic rings. The van der Waals surface area contributed by atoms with Crippen molar-refractivity contribution in [2.24, 2.45) is 0 Å². The average Bonchev–Trinajstić information content (AvgIpc) is 3.15. The number of hydrogen-bond donors (Lipinski definition) is 1. The minimum absolute atomic E-state index is 0.174. The number of carbonyl (C=O) groups excluding carboxylic acids is 1. The summed E-state index contributed by atoms with van der Waals surface area (Å²) >= 11 is 7.65. The molecule has 0 bridgehead atoms. The van der Waals surface area contributed by atoms with Crippen LogP contribution < -0.4 is 5.32 Å². The first-order valence-corrected chi connectivity index (χ1v) is 9.80. The van der Waals surface area contributed by atoms with E-state index < -0.39 is 0 Å². The number of hydrogen-bond acceptors (Lipinski definition) is 3. The maximum absolute atomic E-state index is 13.1. The van der Waals surface area contributed by atoms with Gasteiger partial charge in [-0.2, -0.15) is 0 Å². The van der Waals surface area contributed by atoms with Gasteiger partial charge in [-0.05, 0) is 61.2 Å². The monoisotopic (exact) mass is 392 g/mol. The number of pyridine rings is 1. The summed E-state index contributed by atoms with van der Waals surface area (Å²) in [6.07, 6.45) is 0. The Morgan fingerprint density at radius 3 is 2.67 bits per heavy atom. The molecule has 0 unspecified atom stereocenters. The van der Waals surface area contributed by atoms with Crippen molar-refractivity contribution in [1.82, 2.24) is 4.98 Å². The molecule has 0 aliphatic rings. The lowest BCUT2D eigenvalue weighted by Gasteiger charge is -2.12. The van der Waals surface area contributed by atoms with E-state index in [4.69, 9.17) is 16.6 Å². The van der Waals surface area contributed by atoms with Crippen LogP contribution in [-0.2, 0) is 0 Å².